The number of ether oxygens (including phenoxy) is 1. The molecule has 0 bridgehead atoms. The molecular weight excluding hydrogens is 372 g/mol. The number of carbonyl (C=O) groups is 3. The van der Waals surface area contributed by atoms with Gasteiger partial charge in [-0.1, -0.05) is 13.8 Å². The van der Waals surface area contributed by atoms with Crippen LogP contribution in [0.25, 0.3) is 0 Å². The topological polar surface area (TPSA) is 101 Å². The number of hydrogen-bond donors (Lipinski definition) is 2. The van der Waals surface area contributed by atoms with Crippen molar-refractivity contribution >= 4 is 17.5 Å². The summed E-state index contributed by atoms with van der Waals surface area (Å²) in [6.07, 6.45) is 5.28. The van der Waals surface area contributed by atoms with Crippen LogP contribution in [-0.4, -0.2) is 46.1 Å². The Bertz CT molecular complexity index is 733. The molecule has 0 aromatic carbocycles. The Morgan fingerprint density at radius 3 is 2.55 bits per heavy atom. The molecule has 0 spiro atoms. The number of aliphatic hydroxyl groups excluding tert-OH is 1. The molecule has 4 fully saturated rings. The van der Waals surface area contributed by atoms with E-state index >= 15 is 0 Å². The van der Waals surface area contributed by atoms with Gasteiger partial charge in [-0.15, -0.1) is 0 Å². The molecule has 6 nitrogen and oxygen atoms in total. The van der Waals surface area contributed by atoms with Crippen LogP contribution in [0.15, 0.2) is 0 Å². The van der Waals surface area contributed by atoms with Crippen molar-refractivity contribution in [3.8, 4) is 0 Å². The fourth-order valence-corrected chi connectivity index (χ4v) is 7.80. The number of rotatable bonds is 3. The molecule has 0 aromatic heterocycles. The summed E-state index contributed by atoms with van der Waals surface area (Å²) < 4.78 is 4.88. The summed E-state index contributed by atoms with van der Waals surface area (Å²) in [5.74, 6) is -0.256. The average molecular weight is 407 g/mol. The summed E-state index contributed by atoms with van der Waals surface area (Å²) in [6, 6.07) is 0. The number of hydrogen-bond acceptors (Lipinski definition) is 6. The normalized spacial score (nSPS) is 49.0. The maximum Gasteiger partial charge on any atom is 0.303 e. The van der Waals surface area contributed by atoms with Crippen molar-refractivity contribution < 1.29 is 29.3 Å². The predicted octanol–water partition coefficient (Wildman–Crippen LogP) is 2.43. The molecule has 0 heterocycles. The van der Waals surface area contributed by atoms with Crippen molar-refractivity contribution in [3.05, 3.63) is 0 Å². The van der Waals surface area contributed by atoms with E-state index < -0.39 is 29.4 Å². The lowest BCUT2D eigenvalue weighted by Crippen LogP contribution is -2.62. The molecule has 0 aliphatic heterocycles. The minimum atomic E-state index is -1.62. The first-order valence-corrected chi connectivity index (χ1v) is 11.1. The van der Waals surface area contributed by atoms with Gasteiger partial charge >= 0.3 is 5.97 Å². The van der Waals surface area contributed by atoms with Gasteiger partial charge in [0, 0.05) is 24.7 Å². The SMILES string of the molecule is CC(=O)OCC(=O)[C@]1(O)CC[C@@H]2[C@@H]3CC[C@H]4C[C@H](O)CC[C@]4(C)[C@@H]3C(=O)C[C@]21C. The summed E-state index contributed by atoms with van der Waals surface area (Å²) in [7, 11) is 0. The molecule has 0 aromatic rings. The second kappa shape index (κ2) is 6.88. The number of fused-ring (bicyclic) bond motifs is 5. The lowest BCUT2D eigenvalue weighted by atomic mass is 9.44. The third-order valence-corrected chi connectivity index (χ3v) is 9.35. The Hall–Kier alpha value is -1.27. The first-order valence-electron chi connectivity index (χ1n) is 11.1. The van der Waals surface area contributed by atoms with Crippen LogP contribution >= 0.6 is 0 Å². The predicted molar refractivity (Wildman–Crippen MR) is 105 cm³/mol. The van der Waals surface area contributed by atoms with Crippen LogP contribution in [0.1, 0.15) is 72.1 Å². The molecule has 29 heavy (non-hydrogen) atoms. The van der Waals surface area contributed by atoms with Crippen molar-refractivity contribution in [2.24, 2.45) is 34.5 Å². The van der Waals surface area contributed by atoms with Gasteiger partial charge in [-0.2, -0.15) is 0 Å². The molecule has 0 radical (unpaired) electrons. The number of carbonyl (C=O) groups excluding carboxylic acids is 3. The van der Waals surface area contributed by atoms with E-state index in [9.17, 15) is 24.6 Å². The zero-order valence-corrected chi connectivity index (χ0v) is 17.8. The van der Waals surface area contributed by atoms with Crippen LogP contribution in [0.5, 0.6) is 0 Å². The van der Waals surface area contributed by atoms with E-state index in [1.54, 1.807) is 0 Å². The molecule has 6 heteroatoms. The van der Waals surface area contributed by atoms with Gasteiger partial charge in [-0.25, -0.2) is 0 Å². The highest BCUT2D eigenvalue weighted by atomic mass is 16.5. The average Bonchev–Trinajstić information content (AvgIpc) is 2.91. The summed E-state index contributed by atoms with van der Waals surface area (Å²) >= 11 is 0. The highest BCUT2D eigenvalue weighted by Crippen LogP contribution is 2.67. The summed E-state index contributed by atoms with van der Waals surface area (Å²) in [5.41, 5.74) is -2.52. The van der Waals surface area contributed by atoms with Gasteiger partial charge in [0.2, 0.25) is 5.78 Å². The molecule has 4 aliphatic carbocycles. The molecule has 2 N–H and O–H groups in total. The van der Waals surface area contributed by atoms with Gasteiger partial charge < -0.3 is 14.9 Å². The van der Waals surface area contributed by atoms with Gasteiger partial charge in [0.1, 0.15) is 11.4 Å². The number of aliphatic hydroxyl groups is 2. The summed E-state index contributed by atoms with van der Waals surface area (Å²) in [6.45, 7) is 4.93. The first-order chi connectivity index (χ1) is 13.5. The second-order valence-corrected chi connectivity index (χ2v) is 10.6. The van der Waals surface area contributed by atoms with E-state index in [4.69, 9.17) is 4.74 Å². The molecule has 4 aliphatic rings. The van der Waals surface area contributed by atoms with E-state index in [2.05, 4.69) is 6.92 Å². The number of ketones is 2. The molecule has 0 saturated heterocycles. The number of esters is 1. The van der Waals surface area contributed by atoms with Crippen LogP contribution in [-0.2, 0) is 19.1 Å². The Labute approximate surface area is 172 Å². The Morgan fingerprint density at radius 1 is 1.14 bits per heavy atom. The minimum absolute atomic E-state index is 0.0438. The molecule has 4 rings (SSSR count). The lowest BCUT2D eigenvalue weighted by Gasteiger charge is -2.60. The first kappa shape index (κ1) is 21.0. The number of Topliss-reactive ketones (excluding diaryl/α,β-unsaturated/α-hetero) is 2. The quantitative estimate of drug-likeness (QED) is 0.698. The van der Waals surface area contributed by atoms with Crippen molar-refractivity contribution in [3.63, 3.8) is 0 Å². The summed E-state index contributed by atoms with van der Waals surface area (Å²) in [5, 5.41) is 21.6. The molecule has 0 amide bonds. The van der Waals surface area contributed by atoms with Crippen molar-refractivity contribution in [1.29, 1.82) is 0 Å². The molecular formula is C23H34O6. The standard InChI is InChI=1S/C23H34O6/c1-13(24)29-12-19(27)23(28)9-7-17-16-5-4-14-10-15(25)6-8-21(14,2)20(16)18(26)11-22(17,23)3/h14-17,20,25,28H,4-12H2,1-3H3/t14-,15+,16-,17+,20-,21-,22+,23+/m0/s1. The fourth-order valence-electron chi connectivity index (χ4n) is 7.80. The van der Waals surface area contributed by atoms with Gasteiger partial charge in [-0.05, 0) is 68.1 Å². The molecule has 8 atom stereocenters. The van der Waals surface area contributed by atoms with E-state index in [-0.39, 0.29) is 41.5 Å². The van der Waals surface area contributed by atoms with Crippen LogP contribution in [0.2, 0.25) is 0 Å². The van der Waals surface area contributed by atoms with Gasteiger partial charge in [0.25, 0.3) is 0 Å². The molecule has 4 saturated carbocycles. The van der Waals surface area contributed by atoms with Crippen LogP contribution < -0.4 is 0 Å². The molecule has 0 unspecified atom stereocenters. The largest absolute Gasteiger partial charge is 0.458 e. The van der Waals surface area contributed by atoms with E-state index in [0.29, 0.717) is 12.3 Å². The zero-order valence-electron chi connectivity index (χ0n) is 17.8. The minimum Gasteiger partial charge on any atom is -0.458 e. The van der Waals surface area contributed by atoms with Crippen molar-refractivity contribution in [1.82, 2.24) is 0 Å². The van der Waals surface area contributed by atoms with Crippen molar-refractivity contribution in [2.45, 2.75) is 83.8 Å². The van der Waals surface area contributed by atoms with Crippen LogP contribution in [0, 0.1) is 34.5 Å². The Balaban J connectivity index is 1.63. The van der Waals surface area contributed by atoms with Gasteiger partial charge in [0.15, 0.2) is 6.61 Å². The zero-order chi connectivity index (χ0) is 21.2. The van der Waals surface area contributed by atoms with E-state index in [0.717, 1.165) is 38.5 Å². The van der Waals surface area contributed by atoms with Crippen LogP contribution in [0.4, 0.5) is 0 Å². The maximum atomic E-state index is 13.5. The Morgan fingerprint density at radius 2 is 1.86 bits per heavy atom. The molecule has 162 valence electrons. The van der Waals surface area contributed by atoms with Crippen molar-refractivity contribution in [2.75, 3.05) is 6.61 Å². The smallest absolute Gasteiger partial charge is 0.303 e. The summed E-state index contributed by atoms with van der Waals surface area (Å²) in [4.78, 5) is 37.5. The van der Waals surface area contributed by atoms with Crippen LogP contribution in [0.3, 0.4) is 0 Å². The van der Waals surface area contributed by atoms with E-state index in [1.807, 2.05) is 6.92 Å². The highest BCUT2D eigenvalue weighted by molar-refractivity contribution is 5.93. The highest BCUT2D eigenvalue weighted by Gasteiger charge is 2.69. The van der Waals surface area contributed by atoms with E-state index in [1.165, 1.54) is 6.92 Å². The van der Waals surface area contributed by atoms with Gasteiger partial charge in [-0.3, -0.25) is 14.4 Å². The maximum absolute atomic E-state index is 13.5. The second-order valence-electron chi connectivity index (χ2n) is 10.6. The monoisotopic (exact) mass is 406 g/mol. The third-order valence-electron chi connectivity index (χ3n) is 9.35. The lowest BCUT2D eigenvalue weighted by molar-refractivity contribution is -0.181. The Kier molecular flexibility index (Phi) is 4.97. The fraction of sp³-hybridized carbons (Fsp3) is 0.870. The van der Waals surface area contributed by atoms with Gasteiger partial charge in [0.05, 0.1) is 6.10 Å². The third kappa shape index (κ3) is 2.93.